The maximum Gasteiger partial charge on any atom is 0.243 e. The smallest absolute Gasteiger partial charge is 0.243 e. The van der Waals surface area contributed by atoms with E-state index in [4.69, 9.17) is 9.47 Å². The van der Waals surface area contributed by atoms with Gasteiger partial charge in [0.15, 0.2) is 0 Å². The zero-order valence-corrected chi connectivity index (χ0v) is 15.9. The van der Waals surface area contributed by atoms with Crippen molar-refractivity contribution in [1.82, 2.24) is 0 Å². The van der Waals surface area contributed by atoms with E-state index in [1.165, 1.54) is 0 Å². The zero-order valence-electron chi connectivity index (χ0n) is 15.9. The second-order valence-electron chi connectivity index (χ2n) is 6.45. The third kappa shape index (κ3) is 7.69. The maximum absolute atomic E-state index is 12.1. The van der Waals surface area contributed by atoms with Crippen LogP contribution in [-0.2, 0) is 4.79 Å². The van der Waals surface area contributed by atoms with Gasteiger partial charge < -0.3 is 20.1 Å². The van der Waals surface area contributed by atoms with E-state index < -0.39 is 0 Å². The minimum Gasteiger partial charge on any atom is -0.489 e. The second-order valence-corrected chi connectivity index (χ2v) is 6.45. The molecule has 0 aliphatic rings. The van der Waals surface area contributed by atoms with Gasteiger partial charge in [-0.25, -0.2) is 0 Å². The molecule has 27 heavy (non-hydrogen) atoms. The minimum absolute atomic E-state index is 0.140. The van der Waals surface area contributed by atoms with Gasteiger partial charge in [0.1, 0.15) is 24.7 Å². The molecule has 0 atom stereocenters. The fourth-order valence-electron chi connectivity index (χ4n) is 2.13. The summed E-state index contributed by atoms with van der Waals surface area (Å²) in [6, 6.07) is 14.7. The van der Waals surface area contributed by atoms with Crippen LogP contribution < -0.4 is 20.1 Å². The lowest BCUT2D eigenvalue weighted by Gasteiger charge is -2.11. The van der Waals surface area contributed by atoms with Crippen molar-refractivity contribution in [3.8, 4) is 11.5 Å². The van der Waals surface area contributed by atoms with Crippen molar-refractivity contribution in [2.75, 3.05) is 30.4 Å². The minimum atomic E-state index is -0.140. The number of nitrogens with one attached hydrogen (secondary N) is 2. The molecule has 0 spiro atoms. The number of rotatable bonds is 10. The lowest BCUT2D eigenvalue weighted by Crippen LogP contribution is -2.21. The van der Waals surface area contributed by atoms with E-state index in [9.17, 15) is 4.79 Å². The quantitative estimate of drug-likeness (QED) is 0.601. The average Bonchev–Trinajstić information content (AvgIpc) is 2.64. The Kier molecular flexibility index (Phi) is 7.49. The molecule has 0 aliphatic carbocycles. The van der Waals surface area contributed by atoms with Crippen LogP contribution in [0.2, 0.25) is 0 Å². The van der Waals surface area contributed by atoms with Crippen molar-refractivity contribution in [1.29, 1.82) is 0 Å². The fraction of sp³-hybridized carbons (Fsp3) is 0.227. The number of hydrogen-bond donors (Lipinski definition) is 2. The molecule has 2 aromatic rings. The Morgan fingerprint density at radius 2 is 1.52 bits per heavy atom. The van der Waals surface area contributed by atoms with Gasteiger partial charge in [0.05, 0.1) is 6.54 Å². The highest BCUT2D eigenvalue weighted by Crippen LogP contribution is 2.18. The summed E-state index contributed by atoms with van der Waals surface area (Å²) in [5.74, 6) is 1.33. The summed E-state index contributed by atoms with van der Waals surface area (Å²) < 4.78 is 11.1. The number of hydrogen-bond acceptors (Lipinski definition) is 4. The van der Waals surface area contributed by atoms with Gasteiger partial charge in [-0.3, -0.25) is 4.79 Å². The largest absolute Gasteiger partial charge is 0.489 e. The average molecular weight is 366 g/mol. The molecule has 0 heterocycles. The summed E-state index contributed by atoms with van der Waals surface area (Å²) in [5.41, 5.74) is 3.42. The molecule has 2 N–H and O–H groups in total. The third-order valence-electron chi connectivity index (χ3n) is 3.40. The number of amides is 1. The van der Waals surface area contributed by atoms with Crippen LogP contribution in [-0.4, -0.2) is 25.7 Å². The lowest BCUT2D eigenvalue weighted by atomic mass is 10.3. The van der Waals surface area contributed by atoms with Gasteiger partial charge in [-0.1, -0.05) is 19.2 Å². The van der Waals surface area contributed by atoms with Crippen molar-refractivity contribution < 1.29 is 14.3 Å². The summed E-state index contributed by atoms with van der Waals surface area (Å²) in [6.07, 6.45) is 0. The summed E-state index contributed by atoms with van der Waals surface area (Å²) in [7, 11) is 0. The van der Waals surface area contributed by atoms with Crippen LogP contribution in [0.25, 0.3) is 0 Å². The fourth-order valence-corrected chi connectivity index (χ4v) is 2.13. The molecule has 1 amide bonds. The zero-order chi connectivity index (χ0) is 19.6. The topological polar surface area (TPSA) is 59.6 Å². The summed E-state index contributed by atoms with van der Waals surface area (Å²) >= 11 is 0. The van der Waals surface area contributed by atoms with Crippen LogP contribution in [0.5, 0.6) is 11.5 Å². The number of benzene rings is 2. The van der Waals surface area contributed by atoms with Gasteiger partial charge in [-0.2, -0.15) is 0 Å². The van der Waals surface area contributed by atoms with E-state index in [1.54, 1.807) is 12.1 Å². The van der Waals surface area contributed by atoms with Gasteiger partial charge in [-0.15, -0.1) is 0 Å². The Morgan fingerprint density at radius 3 is 2.15 bits per heavy atom. The Balaban J connectivity index is 1.81. The van der Waals surface area contributed by atoms with Gasteiger partial charge in [0.25, 0.3) is 0 Å². The van der Waals surface area contributed by atoms with E-state index in [2.05, 4.69) is 23.8 Å². The van der Waals surface area contributed by atoms with Crippen molar-refractivity contribution in [2.45, 2.75) is 13.8 Å². The number of carbonyl (C=O) groups is 1. The Morgan fingerprint density at radius 1 is 0.889 bits per heavy atom. The molecular formula is C22H26N2O3. The van der Waals surface area contributed by atoms with Crippen molar-refractivity contribution in [3.63, 3.8) is 0 Å². The predicted molar refractivity (Wildman–Crippen MR) is 111 cm³/mol. The lowest BCUT2D eigenvalue weighted by molar-refractivity contribution is -0.114. The molecule has 0 aromatic heterocycles. The van der Waals surface area contributed by atoms with Crippen LogP contribution in [0.1, 0.15) is 13.8 Å². The van der Waals surface area contributed by atoms with Crippen LogP contribution in [0.15, 0.2) is 72.8 Å². The van der Waals surface area contributed by atoms with Crippen LogP contribution >= 0.6 is 0 Å². The summed E-state index contributed by atoms with van der Waals surface area (Å²) in [6.45, 7) is 12.5. The van der Waals surface area contributed by atoms with Gasteiger partial charge in [-0.05, 0) is 61.4 Å². The highest BCUT2D eigenvalue weighted by Gasteiger charge is 2.04. The summed E-state index contributed by atoms with van der Waals surface area (Å²) in [4.78, 5) is 12.1. The molecule has 2 rings (SSSR count). The highest BCUT2D eigenvalue weighted by molar-refractivity contribution is 5.93. The standard InChI is InChI=1S/C22H26N2O3/c1-16(2)14-26-20-10-8-18(9-11-20)24-22(25)13-23-19-6-5-7-21(12-19)27-15-17(3)4/h5-12,23H,1,3,13-15H2,2,4H3,(H,24,25). The monoisotopic (exact) mass is 366 g/mol. The van der Waals surface area contributed by atoms with Gasteiger partial charge in [0, 0.05) is 17.4 Å². The maximum atomic E-state index is 12.1. The van der Waals surface area contributed by atoms with Gasteiger partial charge in [0.2, 0.25) is 5.91 Å². The Labute approximate surface area is 160 Å². The van der Waals surface area contributed by atoms with E-state index in [1.807, 2.05) is 50.2 Å². The third-order valence-corrected chi connectivity index (χ3v) is 3.40. The molecular weight excluding hydrogens is 340 g/mol. The number of anilines is 2. The van der Waals surface area contributed by atoms with E-state index in [0.717, 1.165) is 28.3 Å². The first-order valence-corrected chi connectivity index (χ1v) is 8.70. The second kappa shape index (κ2) is 10.1. The Hall–Kier alpha value is -3.21. The summed E-state index contributed by atoms with van der Waals surface area (Å²) in [5, 5.41) is 5.93. The van der Waals surface area contributed by atoms with Gasteiger partial charge >= 0.3 is 0 Å². The molecule has 0 fully saturated rings. The van der Waals surface area contributed by atoms with Crippen molar-refractivity contribution >= 4 is 17.3 Å². The molecule has 0 saturated carbocycles. The predicted octanol–water partition coefficient (Wildman–Crippen LogP) is 4.65. The first-order valence-electron chi connectivity index (χ1n) is 8.70. The van der Waals surface area contributed by atoms with E-state index >= 15 is 0 Å². The first kappa shape index (κ1) is 20.1. The van der Waals surface area contributed by atoms with Crippen molar-refractivity contribution in [2.24, 2.45) is 0 Å². The van der Waals surface area contributed by atoms with Crippen LogP contribution in [0, 0.1) is 0 Å². The molecule has 0 radical (unpaired) electrons. The number of ether oxygens (including phenoxy) is 2. The molecule has 5 nitrogen and oxygen atoms in total. The molecule has 0 bridgehead atoms. The van der Waals surface area contributed by atoms with E-state index in [0.29, 0.717) is 18.9 Å². The van der Waals surface area contributed by atoms with E-state index in [-0.39, 0.29) is 12.5 Å². The number of carbonyl (C=O) groups excluding carboxylic acids is 1. The van der Waals surface area contributed by atoms with Crippen LogP contribution in [0.4, 0.5) is 11.4 Å². The highest BCUT2D eigenvalue weighted by atomic mass is 16.5. The molecule has 5 heteroatoms. The first-order chi connectivity index (χ1) is 12.9. The normalized spacial score (nSPS) is 10.0. The Bertz CT molecular complexity index is 797. The molecule has 0 unspecified atom stereocenters. The molecule has 2 aromatic carbocycles. The molecule has 0 saturated heterocycles. The van der Waals surface area contributed by atoms with Crippen LogP contribution in [0.3, 0.4) is 0 Å². The molecule has 142 valence electrons. The molecule has 0 aliphatic heterocycles. The SMILES string of the molecule is C=C(C)COc1ccc(NC(=O)CNc2cccc(OCC(=C)C)c2)cc1. The van der Waals surface area contributed by atoms with Crippen molar-refractivity contribution in [3.05, 3.63) is 72.8 Å².